The minimum absolute atomic E-state index is 0. The van der Waals surface area contributed by atoms with Gasteiger partial charge in [0.25, 0.3) is 0 Å². The third kappa shape index (κ3) is 5.82. The molecule has 0 aromatic heterocycles. The molecule has 0 bridgehead atoms. The molecule has 0 nitrogen and oxygen atoms in total. The van der Waals surface area contributed by atoms with Crippen LogP contribution >= 0.6 is 7.26 Å². The van der Waals surface area contributed by atoms with Crippen LogP contribution in [0.3, 0.4) is 0 Å². The van der Waals surface area contributed by atoms with Gasteiger partial charge in [0, 0.05) is 0 Å². The summed E-state index contributed by atoms with van der Waals surface area (Å²) in [7, 11) is -2.84. The summed E-state index contributed by atoms with van der Waals surface area (Å²) in [5.74, 6) is 0. The predicted octanol–water partition coefficient (Wildman–Crippen LogP) is 3.67. The van der Waals surface area contributed by atoms with Crippen molar-refractivity contribution in [2.45, 2.75) is 18.5 Å². The lowest BCUT2D eigenvalue weighted by Gasteiger charge is -2.24. The molecule has 0 amide bonds. The predicted molar refractivity (Wildman–Crippen MR) is 106 cm³/mol. The Kier molecular flexibility index (Phi) is 7.85. The molecule has 0 N–H and O–H groups in total. The second-order valence-corrected chi connectivity index (χ2v) is 10.7. The molecule has 0 atom stereocenters. The maximum atomic E-state index is 13.0. The van der Waals surface area contributed by atoms with Crippen molar-refractivity contribution in [3.63, 3.8) is 0 Å². The highest BCUT2D eigenvalue weighted by Crippen LogP contribution is 2.52. The van der Waals surface area contributed by atoms with E-state index in [2.05, 4.69) is 0 Å². The van der Waals surface area contributed by atoms with Crippen molar-refractivity contribution in [2.75, 3.05) is 6.66 Å². The molecule has 3 rings (SSSR count). The first-order valence-corrected chi connectivity index (χ1v) is 11.3. The van der Waals surface area contributed by atoms with Crippen LogP contribution in [0.25, 0.3) is 0 Å². The molecule has 3 aromatic carbocycles. The molecule has 0 radical (unpaired) electrons. The third-order valence-electron chi connectivity index (χ3n) is 5.13. The number of alkyl halides is 9. The Hall–Kier alpha value is -1.81. The first-order valence-electron chi connectivity index (χ1n) is 9.03. The van der Waals surface area contributed by atoms with E-state index in [1.807, 2.05) is 0 Å². The zero-order valence-electron chi connectivity index (χ0n) is 16.7. The normalized spacial score (nSPS) is 12.9. The first kappa shape index (κ1) is 27.4. The molecule has 0 fully saturated rings. The highest BCUT2D eigenvalue weighted by molar-refractivity contribution is 7.95. The largest absolute Gasteiger partial charge is 1.00 e. The molecular weight excluding hydrogens is 593 g/mol. The van der Waals surface area contributed by atoms with E-state index in [4.69, 9.17) is 0 Å². The van der Waals surface area contributed by atoms with Gasteiger partial charge in [-0.25, -0.2) is 0 Å². The summed E-state index contributed by atoms with van der Waals surface area (Å²) in [5, 5.41) is 1.14. The van der Waals surface area contributed by atoms with E-state index in [9.17, 15) is 39.5 Å². The summed E-state index contributed by atoms with van der Waals surface area (Å²) in [4.78, 5) is 0. The van der Waals surface area contributed by atoms with Gasteiger partial charge in [-0.15, -0.1) is 0 Å². The van der Waals surface area contributed by atoms with Crippen LogP contribution in [0, 0.1) is 0 Å². The quantitative estimate of drug-likeness (QED) is 0.242. The maximum absolute atomic E-state index is 13.0. The molecule has 0 heterocycles. The SMILES string of the molecule is C[P+](c1ccc(C(F)(F)F)cc1)(c1ccc(C(F)(F)F)cc1)c1ccc(C(F)(F)F)cc1.[I-]. The van der Waals surface area contributed by atoms with Gasteiger partial charge in [-0.05, 0) is 72.8 Å². The zero-order valence-corrected chi connectivity index (χ0v) is 19.7. The van der Waals surface area contributed by atoms with Crippen molar-refractivity contribution in [3.05, 3.63) is 89.5 Å². The highest BCUT2D eigenvalue weighted by atomic mass is 127. The van der Waals surface area contributed by atoms with E-state index in [1.165, 1.54) is 36.4 Å². The molecule has 0 saturated heterocycles. The van der Waals surface area contributed by atoms with Gasteiger partial charge in [-0.2, -0.15) is 39.5 Å². The fraction of sp³-hybridized carbons (Fsp3) is 0.182. The standard InChI is InChI=1S/C22H15F9P.HI/c1-32(17-8-2-14(3-9-17)20(23,24)25,18-10-4-15(5-11-18)21(26,27)28)19-12-6-16(7-13-19)22(29,30)31;/h2-13H,1H3;1H/q+1;/p-1. The molecule has 0 saturated carbocycles. The van der Waals surface area contributed by atoms with Gasteiger partial charge in [0.15, 0.2) is 0 Å². The molecule has 0 aliphatic rings. The topological polar surface area (TPSA) is 0 Å². The van der Waals surface area contributed by atoms with E-state index >= 15 is 0 Å². The lowest BCUT2D eigenvalue weighted by molar-refractivity contribution is -0.138. The molecule has 3 aromatic rings. The Morgan fingerprint density at radius 3 is 0.758 bits per heavy atom. The van der Waals surface area contributed by atoms with Crippen molar-refractivity contribution >= 4 is 23.2 Å². The second-order valence-electron chi connectivity index (χ2n) is 7.14. The minimum Gasteiger partial charge on any atom is -1.00 e. The van der Waals surface area contributed by atoms with E-state index in [-0.39, 0.29) is 24.0 Å². The van der Waals surface area contributed by atoms with E-state index in [0.29, 0.717) is 15.9 Å². The number of benzene rings is 3. The van der Waals surface area contributed by atoms with Crippen LogP contribution in [0.1, 0.15) is 16.7 Å². The van der Waals surface area contributed by atoms with Crippen molar-refractivity contribution in [2.24, 2.45) is 0 Å². The minimum atomic E-state index is -4.59. The second kappa shape index (κ2) is 9.44. The molecule has 0 unspecified atom stereocenters. The maximum Gasteiger partial charge on any atom is 0.416 e. The Morgan fingerprint density at radius 1 is 0.424 bits per heavy atom. The highest BCUT2D eigenvalue weighted by Gasteiger charge is 2.43. The van der Waals surface area contributed by atoms with Crippen LogP contribution in [-0.4, -0.2) is 6.66 Å². The number of rotatable bonds is 3. The molecule has 0 spiro atoms. The molecule has 178 valence electrons. The fourth-order valence-corrected chi connectivity index (χ4v) is 6.42. The Morgan fingerprint density at radius 2 is 0.606 bits per heavy atom. The zero-order chi connectivity index (χ0) is 23.9. The monoisotopic (exact) mass is 608 g/mol. The summed E-state index contributed by atoms with van der Waals surface area (Å²) >= 11 is 0. The Bertz CT molecular complexity index is 926. The number of hydrogen-bond acceptors (Lipinski definition) is 0. The van der Waals surface area contributed by atoms with Crippen molar-refractivity contribution in [3.8, 4) is 0 Å². The van der Waals surface area contributed by atoms with Gasteiger partial charge >= 0.3 is 18.5 Å². The summed E-state index contributed by atoms with van der Waals surface area (Å²) in [6.07, 6.45) is -13.8. The van der Waals surface area contributed by atoms with Crippen LogP contribution in [0.15, 0.2) is 72.8 Å². The number of hydrogen-bond donors (Lipinski definition) is 0. The first-order chi connectivity index (χ1) is 14.6. The van der Waals surface area contributed by atoms with Crippen LogP contribution < -0.4 is 39.9 Å². The lowest BCUT2D eigenvalue weighted by atomic mass is 10.2. The van der Waals surface area contributed by atoms with Crippen LogP contribution in [0.5, 0.6) is 0 Å². The average Bonchev–Trinajstić information content (AvgIpc) is 2.71. The van der Waals surface area contributed by atoms with E-state index in [1.54, 1.807) is 6.66 Å². The average molecular weight is 608 g/mol. The van der Waals surface area contributed by atoms with E-state index < -0.39 is 42.5 Å². The Labute approximate surface area is 201 Å². The number of halogens is 10. The van der Waals surface area contributed by atoms with Gasteiger partial charge in [0.1, 0.15) is 23.2 Å². The Balaban J connectivity index is 0.00000385. The molecule has 33 heavy (non-hydrogen) atoms. The van der Waals surface area contributed by atoms with Crippen molar-refractivity contribution < 1.29 is 63.5 Å². The summed E-state index contributed by atoms with van der Waals surface area (Å²) in [6, 6.07) is 12.4. The van der Waals surface area contributed by atoms with E-state index in [0.717, 1.165) is 36.4 Å². The van der Waals surface area contributed by atoms with Crippen LogP contribution in [-0.2, 0) is 18.5 Å². The fourth-order valence-electron chi connectivity index (χ4n) is 3.29. The van der Waals surface area contributed by atoms with Gasteiger partial charge in [0.05, 0.1) is 23.4 Å². The third-order valence-corrected chi connectivity index (χ3v) is 9.13. The summed E-state index contributed by atoms with van der Waals surface area (Å²) in [6.45, 7) is 1.64. The smallest absolute Gasteiger partial charge is 0.416 e. The van der Waals surface area contributed by atoms with Gasteiger partial charge in [-0.3, -0.25) is 0 Å². The summed E-state index contributed by atoms with van der Waals surface area (Å²) < 4.78 is 117. The molecular formula is C22H15F9IP. The van der Waals surface area contributed by atoms with Gasteiger partial charge in [-0.1, -0.05) is 0 Å². The van der Waals surface area contributed by atoms with Gasteiger partial charge in [0.2, 0.25) is 0 Å². The molecule has 0 aliphatic carbocycles. The van der Waals surface area contributed by atoms with Gasteiger partial charge < -0.3 is 24.0 Å². The van der Waals surface area contributed by atoms with Crippen molar-refractivity contribution in [1.82, 2.24) is 0 Å². The molecule has 11 heteroatoms. The lowest BCUT2D eigenvalue weighted by Crippen LogP contribution is -3.00. The van der Waals surface area contributed by atoms with Crippen LogP contribution in [0.2, 0.25) is 0 Å². The van der Waals surface area contributed by atoms with Crippen molar-refractivity contribution in [1.29, 1.82) is 0 Å². The summed E-state index contributed by atoms with van der Waals surface area (Å²) in [5.41, 5.74) is -2.73. The van der Waals surface area contributed by atoms with Crippen LogP contribution in [0.4, 0.5) is 39.5 Å². The molecule has 0 aliphatic heterocycles.